The molecule has 0 aliphatic heterocycles. The van der Waals surface area contributed by atoms with Crippen LogP contribution in [-0.2, 0) is 0 Å². The minimum atomic E-state index is 0.302. The summed E-state index contributed by atoms with van der Waals surface area (Å²) in [6.07, 6.45) is 2.82. The Hall–Kier alpha value is -2.48. The smallest absolute Gasteiger partial charge is 0.0456 e. The summed E-state index contributed by atoms with van der Waals surface area (Å²) in [5.41, 5.74) is 4.91. The molecule has 0 aliphatic rings. The number of H-pyrrole nitrogens is 2. The number of para-hydroxylation sites is 1. The van der Waals surface area contributed by atoms with Gasteiger partial charge >= 0.3 is 0 Å². The molecular formula is C19H17N2. The van der Waals surface area contributed by atoms with E-state index in [1.54, 1.807) is 0 Å². The fourth-order valence-corrected chi connectivity index (χ4v) is 3.07. The van der Waals surface area contributed by atoms with E-state index in [2.05, 4.69) is 71.5 Å². The quantitative estimate of drug-likeness (QED) is 0.526. The van der Waals surface area contributed by atoms with Crippen molar-refractivity contribution >= 4 is 21.8 Å². The molecule has 21 heavy (non-hydrogen) atoms. The molecule has 1 atom stereocenters. The van der Waals surface area contributed by atoms with E-state index in [1.807, 2.05) is 6.20 Å². The van der Waals surface area contributed by atoms with Crippen LogP contribution in [0.15, 0.2) is 60.8 Å². The number of fused-ring (bicyclic) bond motifs is 2. The molecule has 0 amide bonds. The van der Waals surface area contributed by atoms with Gasteiger partial charge in [0.05, 0.1) is 0 Å². The second-order valence-electron chi connectivity index (χ2n) is 5.48. The lowest BCUT2D eigenvalue weighted by Gasteiger charge is -2.14. The highest BCUT2D eigenvalue weighted by Gasteiger charge is 2.15. The van der Waals surface area contributed by atoms with Gasteiger partial charge in [0, 0.05) is 28.8 Å². The van der Waals surface area contributed by atoms with Gasteiger partial charge in [-0.15, -0.1) is 0 Å². The van der Waals surface area contributed by atoms with Crippen molar-refractivity contribution in [2.75, 3.05) is 0 Å². The average molecular weight is 273 g/mol. The Morgan fingerprint density at radius 3 is 2.62 bits per heavy atom. The van der Waals surface area contributed by atoms with Crippen LogP contribution in [0.4, 0.5) is 0 Å². The summed E-state index contributed by atoms with van der Waals surface area (Å²) in [6.45, 7) is 4.15. The first-order valence-electron chi connectivity index (χ1n) is 7.29. The Labute approximate surface area is 123 Å². The van der Waals surface area contributed by atoms with Gasteiger partial charge in [-0.3, -0.25) is 0 Å². The maximum absolute atomic E-state index is 4.15. The van der Waals surface area contributed by atoms with E-state index < -0.39 is 0 Å². The second kappa shape index (κ2) is 4.81. The van der Waals surface area contributed by atoms with E-state index in [-0.39, 0.29) is 0 Å². The van der Waals surface area contributed by atoms with Crippen LogP contribution in [-0.4, -0.2) is 9.97 Å². The molecule has 0 spiro atoms. The second-order valence-corrected chi connectivity index (χ2v) is 5.48. The minimum absolute atomic E-state index is 0.302. The van der Waals surface area contributed by atoms with Crippen LogP contribution in [0.2, 0.25) is 0 Å². The Balaban J connectivity index is 1.82. The van der Waals surface area contributed by atoms with Gasteiger partial charge in [-0.25, -0.2) is 0 Å². The predicted molar refractivity (Wildman–Crippen MR) is 88.4 cm³/mol. The van der Waals surface area contributed by atoms with E-state index in [0.717, 1.165) is 6.42 Å². The molecule has 2 aromatic carbocycles. The highest BCUT2D eigenvalue weighted by Crippen LogP contribution is 2.31. The van der Waals surface area contributed by atoms with Crippen LogP contribution >= 0.6 is 0 Å². The van der Waals surface area contributed by atoms with Gasteiger partial charge in [-0.1, -0.05) is 31.2 Å². The summed E-state index contributed by atoms with van der Waals surface area (Å²) < 4.78 is 0. The van der Waals surface area contributed by atoms with Crippen LogP contribution in [0.5, 0.6) is 0 Å². The van der Waals surface area contributed by atoms with Crippen LogP contribution in [0.25, 0.3) is 21.8 Å². The van der Waals surface area contributed by atoms with Gasteiger partial charge < -0.3 is 9.97 Å². The van der Waals surface area contributed by atoms with Crippen molar-refractivity contribution in [3.05, 3.63) is 79.0 Å². The predicted octanol–water partition coefficient (Wildman–Crippen LogP) is 5.01. The summed E-state index contributed by atoms with van der Waals surface area (Å²) in [6, 6.07) is 19.4. The molecule has 0 bridgehead atoms. The zero-order chi connectivity index (χ0) is 14.2. The normalized spacial score (nSPS) is 13.0. The molecular weight excluding hydrogens is 256 g/mol. The molecule has 4 rings (SSSR count). The standard InChI is InChI=1S/C19H17N2/c1-2-16(13-7-8-17-15(11-13)9-10-20-17)19-12-14-5-3-4-6-18(14)21-19/h3-12,16,20-21H,1-2H2. The number of hydrogen-bond acceptors (Lipinski definition) is 0. The molecule has 0 aliphatic carbocycles. The van der Waals surface area contributed by atoms with E-state index in [9.17, 15) is 0 Å². The van der Waals surface area contributed by atoms with Crippen molar-refractivity contribution in [2.45, 2.75) is 12.3 Å². The van der Waals surface area contributed by atoms with E-state index in [4.69, 9.17) is 0 Å². The summed E-state index contributed by atoms with van der Waals surface area (Å²) in [7, 11) is 0. The third kappa shape index (κ3) is 2.04. The molecule has 0 fully saturated rings. The number of benzene rings is 2. The molecule has 2 nitrogen and oxygen atoms in total. The van der Waals surface area contributed by atoms with Gasteiger partial charge in [-0.05, 0) is 53.1 Å². The Kier molecular flexibility index (Phi) is 2.81. The number of aromatic nitrogens is 2. The third-order valence-electron chi connectivity index (χ3n) is 4.19. The van der Waals surface area contributed by atoms with E-state index in [1.165, 1.54) is 33.1 Å². The van der Waals surface area contributed by atoms with Crippen LogP contribution in [0.3, 0.4) is 0 Å². The van der Waals surface area contributed by atoms with Crippen molar-refractivity contribution in [3.63, 3.8) is 0 Å². The van der Waals surface area contributed by atoms with Gasteiger partial charge in [0.2, 0.25) is 0 Å². The lowest BCUT2D eigenvalue weighted by Crippen LogP contribution is -2.00. The van der Waals surface area contributed by atoms with Crippen molar-refractivity contribution in [2.24, 2.45) is 0 Å². The van der Waals surface area contributed by atoms with Gasteiger partial charge in [0.25, 0.3) is 0 Å². The summed E-state index contributed by atoms with van der Waals surface area (Å²) in [4.78, 5) is 6.78. The first-order chi connectivity index (χ1) is 10.3. The zero-order valence-corrected chi connectivity index (χ0v) is 11.8. The van der Waals surface area contributed by atoms with Crippen LogP contribution < -0.4 is 0 Å². The molecule has 2 N–H and O–H groups in total. The zero-order valence-electron chi connectivity index (χ0n) is 11.8. The van der Waals surface area contributed by atoms with Gasteiger partial charge in [0.15, 0.2) is 0 Å². The Morgan fingerprint density at radius 1 is 0.905 bits per heavy atom. The Bertz CT molecular complexity index is 863. The fourth-order valence-electron chi connectivity index (χ4n) is 3.07. The summed E-state index contributed by atoms with van der Waals surface area (Å²) >= 11 is 0. The number of aromatic amines is 2. The molecule has 2 heterocycles. The average Bonchev–Trinajstić information content (AvgIpc) is 3.13. The third-order valence-corrected chi connectivity index (χ3v) is 4.19. The van der Waals surface area contributed by atoms with Crippen molar-refractivity contribution in [1.82, 2.24) is 9.97 Å². The van der Waals surface area contributed by atoms with Crippen molar-refractivity contribution in [3.8, 4) is 0 Å². The fraction of sp³-hybridized carbons (Fsp3) is 0.105. The first kappa shape index (κ1) is 12.3. The highest BCUT2D eigenvalue weighted by molar-refractivity contribution is 5.82. The first-order valence-corrected chi connectivity index (χ1v) is 7.29. The molecule has 1 radical (unpaired) electrons. The van der Waals surface area contributed by atoms with Crippen molar-refractivity contribution < 1.29 is 0 Å². The molecule has 2 aromatic heterocycles. The molecule has 1 unspecified atom stereocenters. The monoisotopic (exact) mass is 273 g/mol. The number of rotatable bonds is 3. The number of hydrogen-bond donors (Lipinski definition) is 2. The SMILES string of the molecule is [CH2]CC(c1ccc2[nH]ccc2c1)c1cc2ccccc2[nH]1. The Morgan fingerprint density at radius 2 is 1.76 bits per heavy atom. The lowest BCUT2D eigenvalue weighted by molar-refractivity contribution is 0.804. The highest BCUT2D eigenvalue weighted by atomic mass is 14.7. The lowest BCUT2D eigenvalue weighted by atomic mass is 9.92. The minimum Gasteiger partial charge on any atom is -0.361 e. The van der Waals surface area contributed by atoms with Gasteiger partial charge in [0.1, 0.15) is 0 Å². The molecule has 2 heteroatoms. The largest absolute Gasteiger partial charge is 0.361 e. The summed E-state index contributed by atoms with van der Waals surface area (Å²) in [5, 5.41) is 2.51. The number of nitrogens with one attached hydrogen (secondary N) is 2. The maximum atomic E-state index is 4.15. The topological polar surface area (TPSA) is 31.6 Å². The molecule has 0 saturated heterocycles. The molecule has 4 aromatic rings. The van der Waals surface area contributed by atoms with Gasteiger partial charge in [-0.2, -0.15) is 0 Å². The maximum Gasteiger partial charge on any atom is 0.0456 e. The van der Waals surface area contributed by atoms with Crippen molar-refractivity contribution in [1.29, 1.82) is 0 Å². The van der Waals surface area contributed by atoms with E-state index in [0.29, 0.717) is 5.92 Å². The molecule has 103 valence electrons. The van der Waals surface area contributed by atoms with E-state index >= 15 is 0 Å². The van der Waals surface area contributed by atoms with Crippen LogP contribution in [0.1, 0.15) is 23.6 Å². The summed E-state index contributed by atoms with van der Waals surface area (Å²) in [5.74, 6) is 0.302. The van der Waals surface area contributed by atoms with Crippen LogP contribution in [0, 0.1) is 6.92 Å². The molecule has 0 saturated carbocycles.